The van der Waals surface area contributed by atoms with Crippen molar-refractivity contribution in [1.29, 1.82) is 0 Å². The zero-order chi connectivity index (χ0) is 11.4. The molecule has 88 valence electrons. The fraction of sp³-hybridized carbons (Fsp3) is 0.571. The zero-order valence-corrected chi connectivity index (χ0v) is 10.7. The summed E-state index contributed by atoms with van der Waals surface area (Å²) in [5, 5.41) is 0. The third kappa shape index (κ3) is 2.78. The van der Waals surface area contributed by atoms with Crippen LogP contribution >= 0.6 is 11.6 Å². The monoisotopic (exact) mass is 237 g/mol. The van der Waals surface area contributed by atoms with E-state index >= 15 is 0 Å². The minimum absolute atomic E-state index is 0.678. The summed E-state index contributed by atoms with van der Waals surface area (Å²) < 4.78 is 0. The molecule has 1 aromatic rings. The Labute approximate surface area is 103 Å². The summed E-state index contributed by atoms with van der Waals surface area (Å²) in [6.07, 6.45) is 2.43. The standard InChI is InChI=1S/C14H20ClN/c1-12-8-10-16(14(12)7-9-15)11-13-5-3-2-4-6-13/h2-6,12,14H,7-11H2,1H3. The normalized spacial score (nSPS) is 26.1. The molecule has 1 heterocycles. The number of hydrogen-bond acceptors (Lipinski definition) is 1. The summed E-state index contributed by atoms with van der Waals surface area (Å²) >= 11 is 5.89. The van der Waals surface area contributed by atoms with Crippen LogP contribution in [-0.4, -0.2) is 23.4 Å². The highest BCUT2D eigenvalue weighted by Gasteiger charge is 2.30. The largest absolute Gasteiger partial charge is 0.296 e. The van der Waals surface area contributed by atoms with Gasteiger partial charge in [0, 0.05) is 18.5 Å². The number of hydrogen-bond donors (Lipinski definition) is 0. The molecule has 0 aromatic heterocycles. The highest BCUT2D eigenvalue weighted by Crippen LogP contribution is 2.28. The topological polar surface area (TPSA) is 3.24 Å². The summed E-state index contributed by atoms with van der Waals surface area (Å²) in [5.74, 6) is 1.57. The third-order valence-corrected chi connectivity index (χ3v) is 3.85. The van der Waals surface area contributed by atoms with Gasteiger partial charge in [-0.3, -0.25) is 4.90 Å². The van der Waals surface area contributed by atoms with Crippen LogP contribution in [0.4, 0.5) is 0 Å². The molecule has 2 rings (SSSR count). The van der Waals surface area contributed by atoms with Crippen LogP contribution in [0.1, 0.15) is 25.3 Å². The Bertz CT molecular complexity index is 312. The lowest BCUT2D eigenvalue weighted by Crippen LogP contribution is -2.32. The van der Waals surface area contributed by atoms with E-state index in [1.807, 2.05) is 0 Å². The third-order valence-electron chi connectivity index (χ3n) is 3.63. The van der Waals surface area contributed by atoms with Crippen LogP contribution in [0.2, 0.25) is 0 Å². The lowest BCUT2D eigenvalue weighted by molar-refractivity contribution is 0.218. The molecule has 0 bridgehead atoms. The summed E-state index contributed by atoms with van der Waals surface area (Å²) in [6.45, 7) is 4.65. The van der Waals surface area contributed by atoms with Gasteiger partial charge < -0.3 is 0 Å². The minimum atomic E-state index is 0.678. The van der Waals surface area contributed by atoms with Crippen LogP contribution in [0.25, 0.3) is 0 Å². The molecule has 0 radical (unpaired) electrons. The number of nitrogens with zero attached hydrogens (tertiary/aromatic N) is 1. The molecule has 1 aromatic carbocycles. The molecule has 16 heavy (non-hydrogen) atoms. The zero-order valence-electron chi connectivity index (χ0n) is 9.90. The predicted molar refractivity (Wildman–Crippen MR) is 69.8 cm³/mol. The second-order valence-electron chi connectivity index (χ2n) is 4.77. The smallest absolute Gasteiger partial charge is 0.0238 e. The maximum Gasteiger partial charge on any atom is 0.0238 e. The van der Waals surface area contributed by atoms with Crippen molar-refractivity contribution in [3.8, 4) is 0 Å². The van der Waals surface area contributed by atoms with Crippen molar-refractivity contribution < 1.29 is 0 Å². The Hall–Kier alpha value is -0.530. The van der Waals surface area contributed by atoms with Gasteiger partial charge in [-0.15, -0.1) is 11.6 Å². The van der Waals surface area contributed by atoms with E-state index in [4.69, 9.17) is 11.6 Å². The molecule has 0 saturated carbocycles. The molecule has 0 spiro atoms. The molecule has 0 aliphatic carbocycles. The van der Waals surface area contributed by atoms with Gasteiger partial charge in [0.25, 0.3) is 0 Å². The van der Waals surface area contributed by atoms with E-state index in [9.17, 15) is 0 Å². The molecular weight excluding hydrogens is 218 g/mol. The molecule has 1 aliphatic rings. The first-order chi connectivity index (χ1) is 7.81. The van der Waals surface area contributed by atoms with E-state index in [2.05, 4.69) is 42.2 Å². The van der Waals surface area contributed by atoms with Gasteiger partial charge in [-0.1, -0.05) is 37.3 Å². The van der Waals surface area contributed by atoms with E-state index in [1.165, 1.54) is 18.5 Å². The van der Waals surface area contributed by atoms with Crippen molar-refractivity contribution in [2.45, 2.75) is 32.4 Å². The van der Waals surface area contributed by atoms with Gasteiger partial charge in [0.2, 0.25) is 0 Å². The van der Waals surface area contributed by atoms with Crippen molar-refractivity contribution in [1.82, 2.24) is 4.90 Å². The average molecular weight is 238 g/mol. The second kappa shape index (κ2) is 5.70. The van der Waals surface area contributed by atoms with Gasteiger partial charge in [-0.25, -0.2) is 0 Å². The van der Waals surface area contributed by atoms with Crippen molar-refractivity contribution in [3.05, 3.63) is 35.9 Å². The van der Waals surface area contributed by atoms with E-state index < -0.39 is 0 Å². The predicted octanol–water partition coefficient (Wildman–Crippen LogP) is 3.53. The Morgan fingerprint density at radius 1 is 1.31 bits per heavy atom. The fourth-order valence-corrected chi connectivity index (χ4v) is 2.90. The number of likely N-dealkylation sites (tertiary alicyclic amines) is 1. The summed E-state index contributed by atoms with van der Waals surface area (Å²) in [5.41, 5.74) is 1.41. The maximum atomic E-state index is 5.89. The number of rotatable bonds is 4. The van der Waals surface area contributed by atoms with Crippen LogP contribution in [0.15, 0.2) is 30.3 Å². The Morgan fingerprint density at radius 2 is 2.06 bits per heavy atom. The maximum absolute atomic E-state index is 5.89. The van der Waals surface area contributed by atoms with Crippen LogP contribution < -0.4 is 0 Å². The van der Waals surface area contributed by atoms with Gasteiger partial charge >= 0.3 is 0 Å². The van der Waals surface area contributed by atoms with Gasteiger partial charge in [0.1, 0.15) is 0 Å². The van der Waals surface area contributed by atoms with Crippen LogP contribution in [0.3, 0.4) is 0 Å². The first kappa shape index (κ1) is 11.9. The Balaban J connectivity index is 1.99. The lowest BCUT2D eigenvalue weighted by atomic mass is 10.0. The van der Waals surface area contributed by atoms with Crippen LogP contribution in [-0.2, 0) is 6.54 Å². The number of benzene rings is 1. The van der Waals surface area contributed by atoms with Crippen LogP contribution in [0.5, 0.6) is 0 Å². The van der Waals surface area contributed by atoms with Crippen molar-refractivity contribution in [3.63, 3.8) is 0 Å². The first-order valence-corrected chi connectivity index (χ1v) is 6.68. The van der Waals surface area contributed by atoms with E-state index in [0.717, 1.165) is 24.8 Å². The molecule has 0 N–H and O–H groups in total. The molecule has 2 unspecified atom stereocenters. The highest BCUT2D eigenvalue weighted by molar-refractivity contribution is 6.17. The molecule has 2 atom stereocenters. The molecule has 1 aliphatic heterocycles. The quantitative estimate of drug-likeness (QED) is 0.725. The van der Waals surface area contributed by atoms with Gasteiger partial charge in [-0.2, -0.15) is 0 Å². The number of alkyl halides is 1. The molecule has 1 nitrogen and oxygen atoms in total. The molecular formula is C14H20ClN. The number of halogens is 1. The molecule has 2 heteroatoms. The SMILES string of the molecule is CC1CCN(Cc2ccccc2)C1CCCl. The van der Waals surface area contributed by atoms with E-state index in [-0.39, 0.29) is 0 Å². The van der Waals surface area contributed by atoms with E-state index in [0.29, 0.717) is 6.04 Å². The lowest BCUT2D eigenvalue weighted by Gasteiger charge is -2.26. The van der Waals surface area contributed by atoms with Gasteiger partial charge in [-0.05, 0) is 30.9 Å². The molecule has 0 amide bonds. The first-order valence-electron chi connectivity index (χ1n) is 6.15. The summed E-state index contributed by atoms with van der Waals surface area (Å²) in [6, 6.07) is 11.4. The van der Waals surface area contributed by atoms with Crippen molar-refractivity contribution in [2.75, 3.05) is 12.4 Å². The van der Waals surface area contributed by atoms with Crippen molar-refractivity contribution >= 4 is 11.6 Å². The molecule has 1 saturated heterocycles. The minimum Gasteiger partial charge on any atom is -0.296 e. The van der Waals surface area contributed by atoms with E-state index in [1.54, 1.807) is 0 Å². The van der Waals surface area contributed by atoms with Crippen molar-refractivity contribution in [2.24, 2.45) is 5.92 Å². The summed E-state index contributed by atoms with van der Waals surface area (Å²) in [4.78, 5) is 2.59. The van der Waals surface area contributed by atoms with Gasteiger partial charge in [0.05, 0.1) is 0 Å². The Kier molecular flexibility index (Phi) is 4.25. The second-order valence-corrected chi connectivity index (χ2v) is 5.15. The summed E-state index contributed by atoms with van der Waals surface area (Å²) in [7, 11) is 0. The Morgan fingerprint density at radius 3 is 2.75 bits per heavy atom. The van der Waals surface area contributed by atoms with Crippen LogP contribution in [0, 0.1) is 5.92 Å². The van der Waals surface area contributed by atoms with Gasteiger partial charge in [0.15, 0.2) is 0 Å². The average Bonchev–Trinajstić information content (AvgIpc) is 2.64. The molecule has 1 fully saturated rings. The fourth-order valence-electron chi connectivity index (χ4n) is 2.68. The highest BCUT2D eigenvalue weighted by atomic mass is 35.5.